The standard InChI is InChI=1S/C17H19NO3/c1-12-10-14(6-7-15(12)19-2)18-11-13-4-3-5-16-17(13)21-9-8-20-16/h3-7,10,18H,8-9,11H2,1-2H3. The summed E-state index contributed by atoms with van der Waals surface area (Å²) in [6.07, 6.45) is 0. The highest BCUT2D eigenvalue weighted by Crippen LogP contribution is 2.34. The molecule has 0 atom stereocenters. The monoisotopic (exact) mass is 285 g/mol. The first-order chi connectivity index (χ1) is 10.3. The lowest BCUT2D eigenvalue weighted by atomic mass is 10.1. The lowest BCUT2D eigenvalue weighted by Gasteiger charge is -2.21. The number of para-hydroxylation sites is 1. The van der Waals surface area contributed by atoms with E-state index < -0.39 is 0 Å². The molecular formula is C17H19NO3. The van der Waals surface area contributed by atoms with Gasteiger partial charge in [0.1, 0.15) is 19.0 Å². The van der Waals surface area contributed by atoms with E-state index in [9.17, 15) is 0 Å². The Hall–Kier alpha value is -2.36. The van der Waals surface area contributed by atoms with Crippen molar-refractivity contribution in [1.82, 2.24) is 0 Å². The minimum absolute atomic E-state index is 0.603. The quantitative estimate of drug-likeness (QED) is 0.934. The molecule has 3 rings (SSSR count). The van der Waals surface area contributed by atoms with Crippen molar-refractivity contribution in [3.8, 4) is 17.2 Å². The second kappa shape index (κ2) is 5.95. The predicted molar refractivity (Wildman–Crippen MR) is 82.5 cm³/mol. The van der Waals surface area contributed by atoms with Crippen LogP contribution in [0.3, 0.4) is 0 Å². The number of benzene rings is 2. The van der Waals surface area contributed by atoms with Gasteiger partial charge in [0.05, 0.1) is 7.11 Å². The summed E-state index contributed by atoms with van der Waals surface area (Å²) in [5, 5.41) is 3.41. The smallest absolute Gasteiger partial charge is 0.166 e. The topological polar surface area (TPSA) is 39.7 Å². The van der Waals surface area contributed by atoms with Crippen molar-refractivity contribution in [3.63, 3.8) is 0 Å². The van der Waals surface area contributed by atoms with Crippen LogP contribution < -0.4 is 19.5 Å². The Kier molecular flexibility index (Phi) is 3.86. The third-order valence-electron chi connectivity index (χ3n) is 3.53. The molecule has 4 nitrogen and oxygen atoms in total. The van der Waals surface area contributed by atoms with E-state index in [1.54, 1.807) is 7.11 Å². The van der Waals surface area contributed by atoms with E-state index in [2.05, 4.69) is 17.4 Å². The molecule has 2 aromatic rings. The fourth-order valence-corrected chi connectivity index (χ4v) is 2.46. The minimum atomic E-state index is 0.603. The number of methoxy groups -OCH3 is 1. The van der Waals surface area contributed by atoms with Crippen molar-refractivity contribution in [3.05, 3.63) is 47.5 Å². The van der Waals surface area contributed by atoms with Crippen LogP contribution in [0.2, 0.25) is 0 Å². The molecule has 2 aromatic carbocycles. The largest absolute Gasteiger partial charge is 0.496 e. The van der Waals surface area contributed by atoms with Gasteiger partial charge in [-0.2, -0.15) is 0 Å². The Morgan fingerprint density at radius 2 is 2.00 bits per heavy atom. The molecule has 1 aliphatic rings. The van der Waals surface area contributed by atoms with E-state index in [4.69, 9.17) is 14.2 Å². The van der Waals surface area contributed by atoms with E-state index in [1.807, 2.05) is 31.2 Å². The molecule has 0 radical (unpaired) electrons. The molecule has 0 aromatic heterocycles. The SMILES string of the molecule is COc1ccc(NCc2cccc3c2OCCO3)cc1C. The zero-order valence-electron chi connectivity index (χ0n) is 12.3. The van der Waals surface area contributed by atoms with Gasteiger partial charge in [0.25, 0.3) is 0 Å². The highest BCUT2D eigenvalue weighted by Gasteiger charge is 2.15. The fraction of sp³-hybridized carbons (Fsp3) is 0.294. The third-order valence-corrected chi connectivity index (χ3v) is 3.53. The zero-order chi connectivity index (χ0) is 14.7. The minimum Gasteiger partial charge on any atom is -0.496 e. The molecule has 0 spiro atoms. The summed E-state index contributed by atoms with van der Waals surface area (Å²) < 4.78 is 16.6. The summed E-state index contributed by atoms with van der Waals surface area (Å²) >= 11 is 0. The van der Waals surface area contributed by atoms with E-state index in [-0.39, 0.29) is 0 Å². The Labute approximate surface area is 124 Å². The van der Waals surface area contributed by atoms with Gasteiger partial charge in [0.2, 0.25) is 0 Å². The van der Waals surface area contributed by atoms with Crippen LogP contribution in [0.25, 0.3) is 0 Å². The Balaban J connectivity index is 1.75. The number of fused-ring (bicyclic) bond motifs is 1. The fourth-order valence-electron chi connectivity index (χ4n) is 2.46. The lowest BCUT2D eigenvalue weighted by Crippen LogP contribution is -2.17. The predicted octanol–water partition coefficient (Wildman–Crippen LogP) is 3.39. The van der Waals surface area contributed by atoms with Gasteiger partial charge in [-0.25, -0.2) is 0 Å². The van der Waals surface area contributed by atoms with Crippen LogP contribution in [0, 0.1) is 6.92 Å². The van der Waals surface area contributed by atoms with Gasteiger partial charge in [-0.05, 0) is 36.8 Å². The second-order valence-corrected chi connectivity index (χ2v) is 4.98. The molecule has 0 amide bonds. The molecule has 21 heavy (non-hydrogen) atoms. The Morgan fingerprint density at radius 1 is 1.14 bits per heavy atom. The van der Waals surface area contributed by atoms with Crippen LogP contribution >= 0.6 is 0 Å². The van der Waals surface area contributed by atoms with Gasteiger partial charge in [0.15, 0.2) is 11.5 Å². The number of hydrogen-bond acceptors (Lipinski definition) is 4. The summed E-state index contributed by atoms with van der Waals surface area (Å²) in [7, 11) is 1.68. The van der Waals surface area contributed by atoms with E-state index >= 15 is 0 Å². The molecule has 0 fully saturated rings. The van der Waals surface area contributed by atoms with E-state index in [0.29, 0.717) is 19.8 Å². The van der Waals surface area contributed by atoms with Gasteiger partial charge in [0, 0.05) is 17.8 Å². The molecule has 1 N–H and O–H groups in total. The molecule has 1 heterocycles. The van der Waals surface area contributed by atoms with Crippen molar-refractivity contribution >= 4 is 5.69 Å². The molecule has 1 aliphatic heterocycles. The van der Waals surface area contributed by atoms with Crippen molar-refractivity contribution in [2.45, 2.75) is 13.5 Å². The molecule has 0 saturated heterocycles. The summed E-state index contributed by atoms with van der Waals surface area (Å²) in [5.41, 5.74) is 3.26. The molecule has 4 heteroatoms. The van der Waals surface area contributed by atoms with Crippen molar-refractivity contribution in [1.29, 1.82) is 0 Å². The normalized spacial score (nSPS) is 12.9. The van der Waals surface area contributed by atoms with Crippen LogP contribution in [-0.4, -0.2) is 20.3 Å². The zero-order valence-corrected chi connectivity index (χ0v) is 12.3. The van der Waals surface area contributed by atoms with Crippen LogP contribution in [0.15, 0.2) is 36.4 Å². The molecule has 0 saturated carbocycles. The summed E-state index contributed by atoms with van der Waals surface area (Å²) in [6, 6.07) is 12.0. The van der Waals surface area contributed by atoms with E-state index in [0.717, 1.165) is 34.1 Å². The maximum atomic E-state index is 5.72. The van der Waals surface area contributed by atoms with Crippen LogP contribution in [0.5, 0.6) is 17.2 Å². The molecule has 0 bridgehead atoms. The Bertz CT molecular complexity index is 640. The number of ether oxygens (including phenoxy) is 3. The molecule has 0 aliphatic carbocycles. The first kappa shape index (κ1) is 13.6. The summed E-state index contributed by atoms with van der Waals surface area (Å²) in [5.74, 6) is 2.57. The van der Waals surface area contributed by atoms with Crippen molar-refractivity contribution < 1.29 is 14.2 Å². The number of hydrogen-bond donors (Lipinski definition) is 1. The number of nitrogens with one attached hydrogen (secondary N) is 1. The Morgan fingerprint density at radius 3 is 2.81 bits per heavy atom. The van der Waals surface area contributed by atoms with Crippen LogP contribution in [0.4, 0.5) is 5.69 Å². The molecule has 110 valence electrons. The van der Waals surface area contributed by atoms with Crippen LogP contribution in [0.1, 0.15) is 11.1 Å². The first-order valence-electron chi connectivity index (χ1n) is 7.04. The van der Waals surface area contributed by atoms with Gasteiger partial charge >= 0.3 is 0 Å². The maximum Gasteiger partial charge on any atom is 0.166 e. The van der Waals surface area contributed by atoms with Crippen molar-refractivity contribution in [2.75, 3.05) is 25.6 Å². The highest BCUT2D eigenvalue weighted by molar-refractivity contribution is 5.53. The summed E-state index contributed by atoms with van der Waals surface area (Å²) in [4.78, 5) is 0. The molecule has 0 unspecified atom stereocenters. The highest BCUT2D eigenvalue weighted by atomic mass is 16.6. The number of aryl methyl sites for hydroxylation is 1. The first-order valence-corrected chi connectivity index (χ1v) is 7.04. The number of rotatable bonds is 4. The average molecular weight is 285 g/mol. The van der Waals surface area contributed by atoms with Crippen LogP contribution in [-0.2, 0) is 6.54 Å². The third kappa shape index (κ3) is 2.89. The average Bonchev–Trinajstić information content (AvgIpc) is 2.53. The lowest BCUT2D eigenvalue weighted by molar-refractivity contribution is 0.170. The maximum absolute atomic E-state index is 5.72. The van der Waals surface area contributed by atoms with Gasteiger partial charge in [-0.3, -0.25) is 0 Å². The van der Waals surface area contributed by atoms with Gasteiger partial charge < -0.3 is 19.5 Å². The van der Waals surface area contributed by atoms with Crippen molar-refractivity contribution in [2.24, 2.45) is 0 Å². The van der Waals surface area contributed by atoms with E-state index in [1.165, 1.54) is 0 Å². The molecular weight excluding hydrogens is 266 g/mol. The van der Waals surface area contributed by atoms with Gasteiger partial charge in [-0.15, -0.1) is 0 Å². The number of anilines is 1. The second-order valence-electron chi connectivity index (χ2n) is 4.98. The summed E-state index contributed by atoms with van der Waals surface area (Å²) in [6.45, 7) is 3.94. The van der Waals surface area contributed by atoms with Gasteiger partial charge in [-0.1, -0.05) is 12.1 Å².